The summed E-state index contributed by atoms with van der Waals surface area (Å²) in [6.45, 7) is 0. The zero-order valence-corrected chi connectivity index (χ0v) is 17.9. The highest BCUT2D eigenvalue weighted by atomic mass is 35.5. The van der Waals surface area contributed by atoms with Crippen molar-refractivity contribution in [1.82, 2.24) is 10.2 Å². The van der Waals surface area contributed by atoms with Crippen molar-refractivity contribution in [2.75, 3.05) is 5.32 Å². The fourth-order valence-electron chi connectivity index (χ4n) is 3.71. The minimum absolute atomic E-state index is 0.203. The lowest BCUT2D eigenvalue weighted by Crippen LogP contribution is -2.38. The van der Waals surface area contributed by atoms with Crippen LogP contribution >= 0.6 is 34.7 Å². The van der Waals surface area contributed by atoms with E-state index < -0.39 is 5.41 Å². The molecule has 150 valence electrons. The van der Waals surface area contributed by atoms with Gasteiger partial charge in [-0.15, -0.1) is 10.2 Å². The molecule has 0 saturated heterocycles. The number of nitrogens with one attached hydrogen (secondary N) is 1. The molecule has 29 heavy (non-hydrogen) atoms. The average molecular weight is 448 g/mol. The third kappa shape index (κ3) is 4.47. The molecule has 0 bridgehead atoms. The fourth-order valence-corrected chi connectivity index (χ4v) is 5.54. The number of rotatable bonds is 6. The van der Waals surface area contributed by atoms with Crippen LogP contribution in [0.2, 0.25) is 5.02 Å². The van der Waals surface area contributed by atoms with Gasteiger partial charge in [0.15, 0.2) is 4.34 Å². The van der Waals surface area contributed by atoms with Crippen LogP contribution in [0, 0.1) is 5.82 Å². The monoisotopic (exact) mass is 447 g/mol. The van der Waals surface area contributed by atoms with E-state index in [9.17, 15) is 9.18 Å². The maximum atomic E-state index is 14.5. The number of thioether (sulfide) groups is 1. The van der Waals surface area contributed by atoms with Gasteiger partial charge in [0.25, 0.3) is 0 Å². The van der Waals surface area contributed by atoms with Crippen LogP contribution < -0.4 is 5.32 Å². The van der Waals surface area contributed by atoms with E-state index in [1.165, 1.54) is 17.4 Å². The second-order valence-electron chi connectivity index (χ2n) is 7.01. The molecule has 1 saturated carbocycles. The molecule has 2 aromatic carbocycles. The lowest BCUT2D eigenvalue weighted by atomic mass is 9.77. The molecule has 0 spiro atoms. The van der Waals surface area contributed by atoms with Gasteiger partial charge in [-0.2, -0.15) is 0 Å². The number of hydrogen-bond acceptors (Lipinski definition) is 5. The van der Waals surface area contributed by atoms with Crippen molar-refractivity contribution < 1.29 is 9.18 Å². The van der Waals surface area contributed by atoms with Crippen LogP contribution in [0.15, 0.2) is 52.9 Å². The lowest BCUT2D eigenvalue weighted by molar-refractivity contribution is -0.121. The number of benzene rings is 2. The second-order valence-corrected chi connectivity index (χ2v) is 9.65. The molecule has 1 N–H and O–H groups in total. The molecule has 8 heteroatoms. The molecule has 1 aliphatic rings. The van der Waals surface area contributed by atoms with E-state index in [-0.39, 0.29) is 11.7 Å². The largest absolute Gasteiger partial charge is 0.300 e. The summed E-state index contributed by atoms with van der Waals surface area (Å²) in [6.07, 6.45) is 3.08. The topological polar surface area (TPSA) is 54.9 Å². The zero-order valence-electron chi connectivity index (χ0n) is 15.5. The van der Waals surface area contributed by atoms with E-state index in [1.807, 2.05) is 24.3 Å². The van der Waals surface area contributed by atoms with Crippen LogP contribution in [-0.2, 0) is 16.0 Å². The molecule has 4 nitrogen and oxygen atoms in total. The molecule has 1 amide bonds. The summed E-state index contributed by atoms with van der Waals surface area (Å²) in [7, 11) is 0. The average Bonchev–Trinajstić information content (AvgIpc) is 3.38. The van der Waals surface area contributed by atoms with Crippen molar-refractivity contribution in [2.24, 2.45) is 0 Å². The Hall–Kier alpha value is -1.96. The Morgan fingerprint density at radius 1 is 1.14 bits per heavy atom. The van der Waals surface area contributed by atoms with Gasteiger partial charge in [-0.05, 0) is 36.6 Å². The van der Waals surface area contributed by atoms with E-state index in [2.05, 4.69) is 15.5 Å². The maximum absolute atomic E-state index is 14.5. The zero-order chi connectivity index (χ0) is 20.3. The number of aromatic nitrogens is 2. The van der Waals surface area contributed by atoms with E-state index >= 15 is 0 Å². The van der Waals surface area contributed by atoms with Gasteiger partial charge in [0, 0.05) is 16.3 Å². The predicted molar refractivity (Wildman–Crippen MR) is 116 cm³/mol. The summed E-state index contributed by atoms with van der Waals surface area (Å²) in [5.74, 6) is 0.199. The van der Waals surface area contributed by atoms with Crippen molar-refractivity contribution >= 4 is 45.7 Å². The molecule has 3 aromatic rings. The minimum atomic E-state index is -0.840. The SMILES string of the molecule is O=C(Nc1nnc(SCc2ccc(Cl)cc2)s1)C1(c2ccccc2F)CCCC1. The number of halogens is 2. The Labute approximate surface area is 181 Å². The van der Waals surface area contributed by atoms with E-state index in [0.29, 0.717) is 28.6 Å². The Morgan fingerprint density at radius 3 is 2.59 bits per heavy atom. The van der Waals surface area contributed by atoms with Gasteiger partial charge in [0.1, 0.15) is 5.82 Å². The standard InChI is InChI=1S/C21H19ClFN3OS2/c22-15-9-7-14(8-10-15)13-28-20-26-25-19(29-20)24-18(27)21(11-3-4-12-21)16-5-1-2-6-17(16)23/h1-2,5-10H,3-4,11-13H2,(H,24,25,27). The summed E-state index contributed by atoms with van der Waals surface area (Å²) in [5.41, 5.74) is 0.759. The number of hydrogen-bond donors (Lipinski definition) is 1. The Balaban J connectivity index is 1.45. The van der Waals surface area contributed by atoms with Crippen molar-refractivity contribution in [3.05, 3.63) is 70.5 Å². The molecule has 1 heterocycles. The first-order valence-corrected chi connectivity index (χ1v) is 11.5. The Bertz CT molecular complexity index is 1000. The number of anilines is 1. The molecule has 0 unspecified atom stereocenters. The van der Waals surface area contributed by atoms with Gasteiger partial charge >= 0.3 is 0 Å². The summed E-state index contributed by atoms with van der Waals surface area (Å²) < 4.78 is 15.2. The van der Waals surface area contributed by atoms with Gasteiger partial charge in [-0.3, -0.25) is 10.1 Å². The molecule has 1 fully saturated rings. The van der Waals surface area contributed by atoms with Crippen LogP contribution in [0.25, 0.3) is 0 Å². The van der Waals surface area contributed by atoms with Gasteiger partial charge in [0.2, 0.25) is 11.0 Å². The first-order valence-electron chi connectivity index (χ1n) is 9.34. The van der Waals surface area contributed by atoms with Crippen LogP contribution in [0.4, 0.5) is 9.52 Å². The lowest BCUT2D eigenvalue weighted by Gasteiger charge is -2.28. The molecular formula is C21H19ClFN3OS2. The van der Waals surface area contributed by atoms with Crippen molar-refractivity contribution in [3.63, 3.8) is 0 Å². The predicted octanol–water partition coefficient (Wildman–Crippen LogP) is 6.07. The highest BCUT2D eigenvalue weighted by molar-refractivity contribution is 8.00. The van der Waals surface area contributed by atoms with Crippen LogP contribution in [0.3, 0.4) is 0 Å². The Kier molecular flexibility index (Phi) is 6.18. The van der Waals surface area contributed by atoms with Crippen LogP contribution in [0.1, 0.15) is 36.8 Å². The summed E-state index contributed by atoms with van der Waals surface area (Å²) in [5, 5.41) is 12.3. The van der Waals surface area contributed by atoms with E-state index in [1.54, 1.807) is 30.0 Å². The molecule has 0 aliphatic heterocycles. The number of nitrogens with zero attached hydrogens (tertiary/aromatic N) is 2. The highest BCUT2D eigenvalue weighted by Gasteiger charge is 2.44. The van der Waals surface area contributed by atoms with Gasteiger partial charge in [-0.25, -0.2) is 4.39 Å². The number of carbonyl (C=O) groups is 1. The minimum Gasteiger partial charge on any atom is -0.300 e. The molecular weight excluding hydrogens is 429 g/mol. The van der Waals surface area contributed by atoms with E-state index in [0.717, 1.165) is 28.5 Å². The fraction of sp³-hybridized carbons (Fsp3) is 0.286. The molecule has 4 rings (SSSR count). The summed E-state index contributed by atoms with van der Waals surface area (Å²) >= 11 is 8.79. The van der Waals surface area contributed by atoms with Crippen LogP contribution in [0.5, 0.6) is 0 Å². The first kappa shape index (κ1) is 20.3. The van der Waals surface area contributed by atoms with Gasteiger partial charge < -0.3 is 0 Å². The highest BCUT2D eigenvalue weighted by Crippen LogP contribution is 2.43. The maximum Gasteiger partial charge on any atom is 0.236 e. The third-order valence-corrected chi connectivity index (χ3v) is 7.48. The number of amides is 1. The quantitative estimate of drug-likeness (QED) is 0.368. The molecule has 1 aliphatic carbocycles. The van der Waals surface area contributed by atoms with Crippen molar-refractivity contribution in [1.29, 1.82) is 0 Å². The van der Waals surface area contributed by atoms with Gasteiger partial charge in [0.05, 0.1) is 5.41 Å². The molecule has 0 atom stereocenters. The number of carbonyl (C=O) groups excluding carboxylic acids is 1. The summed E-state index contributed by atoms with van der Waals surface area (Å²) in [4.78, 5) is 13.2. The van der Waals surface area contributed by atoms with Crippen LogP contribution in [-0.4, -0.2) is 16.1 Å². The molecule has 0 radical (unpaired) electrons. The smallest absolute Gasteiger partial charge is 0.236 e. The summed E-state index contributed by atoms with van der Waals surface area (Å²) in [6, 6.07) is 14.2. The van der Waals surface area contributed by atoms with E-state index in [4.69, 9.17) is 11.6 Å². The van der Waals surface area contributed by atoms with Crippen molar-refractivity contribution in [2.45, 2.75) is 41.2 Å². The first-order chi connectivity index (χ1) is 14.1. The Morgan fingerprint density at radius 2 is 1.86 bits per heavy atom. The molecule has 1 aromatic heterocycles. The van der Waals surface area contributed by atoms with Gasteiger partial charge in [-0.1, -0.05) is 77.9 Å². The second kappa shape index (κ2) is 8.81. The third-order valence-electron chi connectivity index (χ3n) is 5.18. The van der Waals surface area contributed by atoms with Crippen molar-refractivity contribution in [3.8, 4) is 0 Å². The normalized spacial score (nSPS) is 15.4.